The molecule has 0 radical (unpaired) electrons. The third-order valence-electron chi connectivity index (χ3n) is 4.34. The van der Waals surface area contributed by atoms with Crippen molar-refractivity contribution in [2.75, 3.05) is 13.7 Å². The zero-order chi connectivity index (χ0) is 15.3. The lowest BCUT2D eigenvalue weighted by Crippen LogP contribution is -2.45. The molecule has 0 aliphatic heterocycles. The van der Waals surface area contributed by atoms with Gasteiger partial charge in [-0.3, -0.25) is 4.79 Å². The number of hydrogen-bond acceptors (Lipinski definition) is 3. The Labute approximate surface area is 126 Å². The molecule has 4 nitrogen and oxygen atoms in total. The van der Waals surface area contributed by atoms with Crippen molar-refractivity contribution in [3.8, 4) is 5.75 Å². The van der Waals surface area contributed by atoms with Gasteiger partial charge in [-0.2, -0.15) is 0 Å². The normalized spacial score (nSPS) is 25.4. The van der Waals surface area contributed by atoms with E-state index in [2.05, 4.69) is 12.2 Å². The molecular weight excluding hydrogens is 266 g/mol. The average Bonchev–Trinajstić information content (AvgIpc) is 2.50. The van der Waals surface area contributed by atoms with Gasteiger partial charge in [-0.1, -0.05) is 19.1 Å². The van der Waals surface area contributed by atoms with Crippen molar-refractivity contribution in [1.82, 2.24) is 5.32 Å². The summed E-state index contributed by atoms with van der Waals surface area (Å²) < 4.78 is 5.09. The molecule has 0 atom stereocenters. The van der Waals surface area contributed by atoms with E-state index in [1.165, 1.54) is 0 Å². The molecule has 0 heterocycles. The van der Waals surface area contributed by atoms with Crippen molar-refractivity contribution in [2.45, 2.75) is 44.6 Å². The fraction of sp³-hybridized carbons (Fsp3) is 0.588. The molecule has 116 valence electrons. The lowest BCUT2D eigenvalue weighted by atomic mass is 9.79. The Hall–Kier alpha value is -1.55. The second kappa shape index (κ2) is 6.94. The Morgan fingerprint density at radius 2 is 1.95 bits per heavy atom. The molecule has 1 fully saturated rings. The second-order valence-electron chi connectivity index (χ2n) is 6.21. The van der Waals surface area contributed by atoms with E-state index in [-0.39, 0.29) is 5.91 Å². The van der Waals surface area contributed by atoms with Gasteiger partial charge >= 0.3 is 0 Å². The van der Waals surface area contributed by atoms with Crippen LogP contribution in [0.5, 0.6) is 5.75 Å². The smallest absolute Gasteiger partial charge is 0.224 e. The van der Waals surface area contributed by atoms with Gasteiger partial charge in [0.05, 0.1) is 19.1 Å². The summed E-state index contributed by atoms with van der Waals surface area (Å²) in [4.78, 5) is 12.0. The van der Waals surface area contributed by atoms with Crippen LogP contribution in [-0.4, -0.2) is 30.3 Å². The van der Waals surface area contributed by atoms with Gasteiger partial charge in [0, 0.05) is 6.54 Å². The molecule has 4 heteroatoms. The second-order valence-corrected chi connectivity index (χ2v) is 6.21. The van der Waals surface area contributed by atoms with E-state index in [1.807, 2.05) is 24.3 Å². The number of rotatable bonds is 5. The van der Waals surface area contributed by atoms with E-state index in [4.69, 9.17) is 4.74 Å². The summed E-state index contributed by atoms with van der Waals surface area (Å²) in [5, 5.41) is 13.3. The van der Waals surface area contributed by atoms with Crippen molar-refractivity contribution in [3.63, 3.8) is 0 Å². The van der Waals surface area contributed by atoms with E-state index in [1.54, 1.807) is 7.11 Å². The van der Waals surface area contributed by atoms with Gasteiger partial charge in [0.25, 0.3) is 0 Å². The van der Waals surface area contributed by atoms with Crippen molar-refractivity contribution >= 4 is 5.91 Å². The fourth-order valence-corrected chi connectivity index (χ4v) is 2.73. The Bertz CT molecular complexity index is 461. The Morgan fingerprint density at radius 1 is 1.33 bits per heavy atom. The van der Waals surface area contributed by atoms with Crippen molar-refractivity contribution in [3.05, 3.63) is 29.8 Å². The zero-order valence-corrected chi connectivity index (χ0v) is 12.9. The quantitative estimate of drug-likeness (QED) is 0.875. The molecule has 1 aromatic carbocycles. The first-order chi connectivity index (χ1) is 10.0. The standard InChI is InChI=1S/C17H25NO3/c1-13-7-9-17(20,10-8-13)12-18-16(19)11-14-3-5-15(21-2)6-4-14/h3-6,13,20H,7-12H2,1-2H3,(H,18,19). The minimum absolute atomic E-state index is 0.0489. The molecule has 1 amide bonds. The largest absolute Gasteiger partial charge is 0.497 e. The number of benzene rings is 1. The van der Waals surface area contributed by atoms with Crippen LogP contribution in [0.3, 0.4) is 0 Å². The number of amides is 1. The summed E-state index contributed by atoms with van der Waals surface area (Å²) in [7, 11) is 1.62. The van der Waals surface area contributed by atoms with Gasteiger partial charge in [-0.15, -0.1) is 0 Å². The molecule has 0 spiro atoms. The van der Waals surface area contributed by atoms with Gasteiger partial charge < -0.3 is 15.2 Å². The molecule has 0 aromatic heterocycles. The van der Waals surface area contributed by atoms with Gasteiger partial charge in [0.1, 0.15) is 5.75 Å². The molecule has 21 heavy (non-hydrogen) atoms. The minimum Gasteiger partial charge on any atom is -0.497 e. The maximum absolute atomic E-state index is 12.0. The third kappa shape index (κ3) is 4.74. The molecule has 0 saturated heterocycles. The fourth-order valence-electron chi connectivity index (χ4n) is 2.73. The molecule has 1 saturated carbocycles. The predicted octanol–water partition coefficient (Wildman–Crippen LogP) is 2.30. The summed E-state index contributed by atoms with van der Waals surface area (Å²) in [6.07, 6.45) is 3.94. The van der Waals surface area contributed by atoms with Gasteiger partial charge in [-0.05, 0) is 49.3 Å². The molecule has 1 aliphatic carbocycles. The first-order valence-electron chi connectivity index (χ1n) is 7.63. The highest BCUT2D eigenvalue weighted by Gasteiger charge is 2.31. The number of carbonyl (C=O) groups is 1. The third-order valence-corrected chi connectivity index (χ3v) is 4.34. The van der Waals surface area contributed by atoms with E-state index < -0.39 is 5.60 Å². The van der Waals surface area contributed by atoms with Crippen LogP contribution >= 0.6 is 0 Å². The average molecular weight is 291 g/mol. The number of ether oxygens (including phenoxy) is 1. The summed E-state index contributed by atoms with van der Waals surface area (Å²) in [6, 6.07) is 7.46. The van der Waals surface area contributed by atoms with Gasteiger partial charge in [0.15, 0.2) is 0 Å². The van der Waals surface area contributed by atoms with E-state index >= 15 is 0 Å². The highest BCUT2D eigenvalue weighted by atomic mass is 16.5. The SMILES string of the molecule is COc1ccc(CC(=O)NCC2(O)CCC(C)CC2)cc1. The first-order valence-corrected chi connectivity index (χ1v) is 7.63. The van der Waals surface area contributed by atoms with E-state index in [9.17, 15) is 9.90 Å². The van der Waals surface area contributed by atoms with Crippen LogP contribution < -0.4 is 10.1 Å². The monoisotopic (exact) mass is 291 g/mol. The minimum atomic E-state index is -0.720. The number of methoxy groups -OCH3 is 1. The number of hydrogen-bond donors (Lipinski definition) is 2. The van der Waals surface area contributed by atoms with Crippen LogP contribution in [0.4, 0.5) is 0 Å². The Balaban J connectivity index is 1.79. The highest BCUT2D eigenvalue weighted by molar-refractivity contribution is 5.78. The van der Waals surface area contributed by atoms with Gasteiger partial charge in [-0.25, -0.2) is 0 Å². The zero-order valence-electron chi connectivity index (χ0n) is 12.9. The van der Waals surface area contributed by atoms with Crippen LogP contribution in [0.1, 0.15) is 38.2 Å². The van der Waals surface area contributed by atoms with Gasteiger partial charge in [0.2, 0.25) is 5.91 Å². The number of aliphatic hydroxyl groups is 1. The summed E-state index contributed by atoms with van der Waals surface area (Å²) in [5.74, 6) is 1.41. The maximum atomic E-state index is 12.0. The molecule has 0 bridgehead atoms. The molecule has 0 unspecified atom stereocenters. The lowest BCUT2D eigenvalue weighted by Gasteiger charge is -2.34. The van der Waals surface area contributed by atoms with Crippen LogP contribution in [-0.2, 0) is 11.2 Å². The number of nitrogens with one attached hydrogen (secondary N) is 1. The number of carbonyl (C=O) groups excluding carboxylic acids is 1. The molecular formula is C17H25NO3. The van der Waals surface area contributed by atoms with Crippen molar-refractivity contribution in [1.29, 1.82) is 0 Å². The molecule has 2 N–H and O–H groups in total. The van der Waals surface area contributed by atoms with Crippen molar-refractivity contribution < 1.29 is 14.6 Å². The van der Waals surface area contributed by atoms with Crippen LogP contribution in [0.2, 0.25) is 0 Å². The van der Waals surface area contributed by atoms with Crippen LogP contribution in [0.15, 0.2) is 24.3 Å². The lowest BCUT2D eigenvalue weighted by molar-refractivity contribution is -0.122. The van der Waals surface area contributed by atoms with E-state index in [0.29, 0.717) is 18.9 Å². The highest BCUT2D eigenvalue weighted by Crippen LogP contribution is 2.31. The predicted molar refractivity (Wildman–Crippen MR) is 82.3 cm³/mol. The summed E-state index contributed by atoms with van der Waals surface area (Å²) in [6.45, 7) is 2.57. The molecule has 1 aromatic rings. The maximum Gasteiger partial charge on any atom is 0.224 e. The van der Waals surface area contributed by atoms with Crippen molar-refractivity contribution in [2.24, 2.45) is 5.92 Å². The van der Waals surface area contributed by atoms with Crippen LogP contribution in [0.25, 0.3) is 0 Å². The first kappa shape index (κ1) is 15.8. The Kier molecular flexibility index (Phi) is 5.23. The topological polar surface area (TPSA) is 58.6 Å². The van der Waals surface area contributed by atoms with Crippen LogP contribution in [0, 0.1) is 5.92 Å². The molecule has 1 aliphatic rings. The summed E-state index contributed by atoms with van der Waals surface area (Å²) in [5.41, 5.74) is 0.222. The van der Waals surface area contributed by atoms with E-state index in [0.717, 1.165) is 37.0 Å². The molecule has 2 rings (SSSR count). The Morgan fingerprint density at radius 3 is 2.52 bits per heavy atom. The summed E-state index contributed by atoms with van der Waals surface area (Å²) >= 11 is 0.